The average molecular weight is 355 g/mol. The summed E-state index contributed by atoms with van der Waals surface area (Å²) < 4.78 is 7.24. The van der Waals surface area contributed by atoms with Gasteiger partial charge in [-0.1, -0.05) is 28.7 Å². The van der Waals surface area contributed by atoms with Crippen molar-refractivity contribution in [1.82, 2.24) is 9.88 Å². The molecule has 11 nitrogen and oxygen atoms in total. The Balaban J connectivity index is 1.89. The predicted octanol–water partition coefficient (Wildman–Crippen LogP) is 0.897. The van der Waals surface area contributed by atoms with Crippen LogP contribution in [0.5, 0.6) is 0 Å². The van der Waals surface area contributed by atoms with E-state index in [9.17, 15) is 14.5 Å². The molecule has 2 aliphatic heterocycles. The average Bonchev–Trinajstić information content (AvgIpc) is 3.13. The van der Waals surface area contributed by atoms with E-state index in [1.54, 1.807) is 0 Å². The number of hydrogen-bond acceptors (Lipinski definition) is 9. The number of nitrogens with one attached hydrogen (secondary N) is 2. The molecule has 4 N–H and O–H groups in total. The fourth-order valence-corrected chi connectivity index (χ4v) is 3.83. The lowest BCUT2D eigenvalue weighted by Crippen LogP contribution is -2.44. The SMILES string of the molecule is CCC(N=O)[C@@H]1CC[C@H](n2c3c(sc2=O)C(=O)NC(N=NN)N3)O1. The monoisotopic (exact) mass is 355 g/mol. The van der Waals surface area contributed by atoms with Crippen LogP contribution >= 0.6 is 11.3 Å². The quantitative estimate of drug-likeness (QED) is 0.309. The van der Waals surface area contributed by atoms with Gasteiger partial charge in [0.15, 0.2) is 0 Å². The van der Waals surface area contributed by atoms with Crippen LogP contribution in [0.1, 0.15) is 42.1 Å². The number of ether oxygens (including phenoxy) is 1. The summed E-state index contributed by atoms with van der Waals surface area (Å²) in [5.41, 5.74) is 0. The van der Waals surface area contributed by atoms with Crippen LogP contribution in [0.2, 0.25) is 0 Å². The first-order valence-corrected chi connectivity index (χ1v) is 8.31. The van der Waals surface area contributed by atoms with Gasteiger partial charge in [0, 0.05) is 0 Å². The summed E-state index contributed by atoms with van der Waals surface area (Å²) in [4.78, 5) is 35.2. The summed E-state index contributed by atoms with van der Waals surface area (Å²) in [5, 5.41) is 15.3. The van der Waals surface area contributed by atoms with Crippen LogP contribution in [0, 0.1) is 4.91 Å². The molecule has 1 saturated heterocycles. The van der Waals surface area contributed by atoms with Crippen LogP contribution in [-0.2, 0) is 4.74 Å². The highest BCUT2D eigenvalue weighted by molar-refractivity contribution is 7.12. The molecule has 2 unspecified atom stereocenters. The van der Waals surface area contributed by atoms with Crippen molar-refractivity contribution in [3.8, 4) is 0 Å². The van der Waals surface area contributed by atoms with Crippen molar-refractivity contribution >= 4 is 23.1 Å². The van der Waals surface area contributed by atoms with Crippen LogP contribution < -0.4 is 21.3 Å². The topological polar surface area (TPSA) is 153 Å². The Kier molecular flexibility index (Phi) is 4.57. The van der Waals surface area contributed by atoms with E-state index in [1.807, 2.05) is 6.92 Å². The van der Waals surface area contributed by atoms with Gasteiger partial charge in [-0.05, 0) is 19.3 Å². The molecule has 3 rings (SSSR count). The molecule has 0 bridgehead atoms. The minimum absolute atomic E-state index is 0.246. The van der Waals surface area contributed by atoms with Gasteiger partial charge in [0.2, 0.25) is 6.29 Å². The predicted molar refractivity (Wildman–Crippen MR) is 85.5 cm³/mol. The third-order valence-electron chi connectivity index (χ3n) is 4.07. The van der Waals surface area contributed by atoms with Gasteiger partial charge in [0.1, 0.15) is 23.0 Å². The number of rotatable bonds is 5. The number of amides is 1. The van der Waals surface area contributed by atoms with E-state index in [0.717, 1.165) is 11.3 Å². The van der Waals surface area contributed by atoms with Crippen molar-refractivity contribution in [2.75, 3.05) is 5.32 Å². The molecule has 1 amide bonds. The first-order chi connectivity index (χ1) is 11.6. The second kappa shape index (κ2) is 6.65. The number of aromatic nitrogens is 1. The van der Waals surface area contributed by atoms with Crippen LogP contribution in [0.3, 0.4) is 0 Å². The molecule has 130 valence electrons. The van der Waals surface area contributed by atoms with Gasteiger partial charge >= 0.3 is 4.87 Å². The zero-order chi connectivity index (χ0) is 17.3. The zero-order valence-electron chi connectivity index (χ0n) is 12.8. The van der Waals surface area contributed by atoms with Gasteiger partial charge < -0.3 is 21.2 Å². The highest BCUT2D eigenvalue weighted by atomic mass is 32.1. The number of carbonyl (C=O) groups is 1. The van der Waals surface area contributed by atoms with E-state index >= 15 is 0 Å². The van der Waals surface area contributed by atoms with Crippen molar-refractivity contribution < 1.29 is 9.53 Å². The van der Waals surface area contributed by atoms with Crippen molar-refractivity contribution in [1.29, 1.82) is 0 Å². The molecule has 24 heavy (non-hydrogen) atoms. The molecular weight excluding hydrogens is 338 g/mol. The summed E-state index contributed by atoms with van der Waals surface area (Å²) in [7, 11) is 0. The smallest absolute Gasteiger partial charge is 0.311 e. The highest BCUT2D eigenvalue weighted by Crippen LogP contribution is 2.35. The summed E-state index contributed by atoms with van der Waals surface area (Å²) in [6.07, 6.45) is -0.0237. The molecule has 12 heteroatoms. The van der Waals surface area contributed by atoms with E-state index in [1.165, 1.54) is 4.57 Å². The van der Waals surface area contributed by atoms with Crippen molar-refractivity contribution in [2.24, 2.45) is 21.4 Å². The molecule has 0 radical (unpaired) electrons. The molecule has 3 heterocycles. The number of hydrogen-bond donors (Lipinski definition) is 3. The number of fused-ring (bicyclic) bond motifs is 1. The fourth-order valence-electron chi connectivity index (χ4n) is 2.94. The van der Waals surface area contributed by atoms with Crippen molar-refractivity contribution in [3.63, 3.8) is 0 Å². The Morgan fingerprint density at radius 3 is 2.88 bits per heavy atom. The highest BCUT2D eigenvalue weighted by Gasteiger charge is 2.37. The van der Waals surface area contributed by atoms with Crippen LogP contribution in [-0.4, -0.2) is 28.9 Å². The summed E-state index contributed by atoms with van der Waals surface area (Å²) in [5.74, 6) is 4.90. The minimum atomic E-state index is -0.854. The lowest BCUT2D eigenvalue weighted by atomic mass is 10.1. The molecule has 0 saturated carbocycles. The van der Waals surface area contributed by atoms with Crippen LogP contribution in [0.25, 0.3) is 0 Å². The standard InChI is InChI=1S/C12H17N7O4S/c1-2-5(17-22)6-3-4-7(23-6)19-9-8(24-12(19)21)10(20)15-11(14-9)16-18-13/h5-7,11,14H,2-4H2,1H3,(H2,13,16)(H,15,20)/t5?,6-,7+,11?/m0/s1. The molecule has 4 atom stereocenters. The van der Waals surface area contributed by atoms with Crippen molar-refractivity contribution in [2.45, 2.75) is 50.8 Å². The Morgan fingerprint density at radius 2 is 2.21 bits per heavy atom. The Morgan fingerprint density at radius 1 is 1.42 bits per heavy atom. The third-order valence-corrected chi connectivity index (χ3v) is 5.03. The molecule has 0 aromatic carbocycles. The van der Waals surface area contributed by atoms with E-state index in [0.29, 0.717) is 25.1 Å². The van der Waals surface area contributed by atoms with Gasteiger partial charge in [0.25, 0.3) is 5.91 Å². The maximum Gasteiger partial charge on any atom is 0.311 e. The molecule has 0 spiro atoms. The van der Waals surface area contributed by atoms with E-state index in [2.05, 4.69) is 26.1 Å². The molecule has 1 aromatic rings. The maximum atomic E-state index is 12.3. The first-order valence-electron chi connectivity index (χ1n) is 7.49. The van der Waals surface area contributed by atoms with Gasteiger partial charge in [-0.25, -0.2) is 0 Å². The number of anilines is 1. The molecular formula is C12H17N7O4S. The minimum Gasteiger partial charge on any atom is -0.352 e. The van der Waals surface area contributed by atoms with E-state index < -0.39 is 24.5 Å². The third kappa shape index (κ3) is 2.78. The van der Waals surface area contributed by atoms with E-state index in [4.69, 9.17) is 10.6 Å². The summed E-state index contributed by atoms with van der Waals surface area (Å²) in [6, 6.07) is -0.449. The van der Waals surface area contributed by atoms with Crippen LogP contribution in [0.4, 0.5) is 5.82 Å². The van der Waals surface area contributed by atoms with Crippen LogP contribution in [0.15, 0.2) is 20.3 Å². The molecule has 0 aliphatic carbocycles. The Labute approximate surface area is 140 Å². The largest absolute Gasteiger partial charge is 0.352 e. The van der Waals surface area contributed by atoms with Gasteiger partial charge in [-0.2, -0.15) is 4.91 Å². The number of nitrogens with zero attached hydrogens (tertiary/aromatic N) is 4. The van der Waals surface area contributed by atoms with Gasteiger partial charge in [0.05, 0.1) is 6.10 Å². The normalized spacial score (nSPS) is 27.5. The Bertz CT molecular complexity index is 729. The lowest BCUT2D eigenvalue weighted by molar-refractivity contribution is -0.00949. The fraction of sp³-hybridized carbons (Fsp3) is 0.667. The number of nitroso groups, excluding NO2 is 1. The second-order valence-corrected chi connectivity index (χ2v) is 6.42. The summed E-state index contributed by atoms with van der Waals surface area (Å²) >= 11 is 0.817. The van der Waals surface area contributed by atoms with Crippen molar-refractivity contribution in [3.05, 3.63) is 19.5 Å². The Hall–Kier alpha value is -2.34. The second-order valence-electron chi connectivity index (χ2n) is 5.45. The number of carbonyl (C=O) groups excluding carboxylic acids is 1. The maximum absolute atomic E-state index is 12.3. The molecule has 1 aromatic heterocycles. The van der Waals surface area contributed by atoms with Gasteiger partial charge in [-0.3, -0.25) is 14.2 Å². The number of thiazole rings is 1. The van der Waals surface area contributed by atoms with E-state index in [-0.39, 0.29) is 15.9 Å². The molecule has 2 aliphatic rings. The summed E-state index contributed by atoms with van der Waals surface area (Å²) in [6.45, 7) is 1.86. The zero-order valence-corrected chi connectivity index (χ0v) is 13.7. The first kappa shape index (κ1) is 16.5. The number of nitrogens with two attached hydrogens (primary N) is 1. The molecule has 1 fully saturated rings. The van der Waals surface area contributed by atoms with Gasteiger partial charge in [-0.15, -0.1) is 5.11 Å². The lowest BCUT2D eigenvalue weighted by Gasteiger charge is -2.24.